The van der Waals surface area contributed by atoms with Crippen molar-refractivity contribution in [2.24, 2.45) is 7.05 Å². The van der Waals surface area contributed by atoms with Crippen molar-refractivity contribution in [1.29, 1.82) is 0 Å². The molecule has 1 aromatic heterocycles. The van der Waals surface area contributed by atoms with Gasteiger partial charge in [-0.15, -0.1) is 0 Å². The largest absolute Gasteiger partial charge is 0.265 e. The van der Waals surface area contributed by atoms with Crippen LogP contribution in [0.15, 0.2) is 35.2 Å². The van der Waals surface area contributed by atoms with Crippen molar-refractivity contribution >= 4 is 15.8 Å². The van der Waals surface area contributed by atoms with Gasteiger partial charge in [-0.1, -0.05) is 18.2 Å². The molecule has 3 rings (SSSR count). The van der Waals surface area contributed by atoms with E-state index in [2.05, 4.69) is 5.10 Å². The quantitative estimate of drug-likeness (QED) is 0.873. The lowest BCUT2D eigenvalue weighted by atomic mass is 9.97. The third-order valence-electron chi connectivity index (χ3n) is 3.99. The monoisotopic (exact) mass is 305 g/mol. The van der Waals surface area contributed by atoms with Crippen molar-refractivity contribution in [1.82, 2.24) is 9.78 Å². The molecule has 0 radical (unpaired) electrons. The predicted octanol–water partition coefficient (Wildman–Crippen LogP) is 2.12. The van der Waals surface area contributed by atoms with Gasteiger partial charge in [-0.2, -0.15) is 5.10 Å². The lowest BCUT2D eigenvalue weighted by Crippen LogP contribution is -2.29. The van der Waals surface area contributed by atoms with E-state index in [1.54, 1.807) is 36.0 Å². The Kier molecular flexibility index (Phi) is 3.49. The van der Waals surface area contributed by atoms with Crippen LogP contribution in [-0.4, -0.2) is 25.2 Å². The second kappa shape index (κ2) is 5.18. The highest BCUT2D eigenvalue weighted by Crippen LogP contribution is 2.32. The van der Waals surface area contributed by atoms with Gasteiger partial charge < -0.3 is 0 Å². The van der Waals surface area contributed by atoms with E-state index in [4.69, 9.17) is 0 Å². The first-order chi connectivity index (χ1) is 10.0. The van der Waals surface area contributed by atoms with Crippen LogP contribution in [0.25, 0.3) is 0 Å². The third-order valence-corrected chi connectivity index (χ3v) is 5.75. The van der Waals surface area contributed by atoms with Crippen LogP contribution in [0, 0.1) is 0 Å². The minimum absolute atomic E-state index is 0.304. The Hall–Kier alpha value is -1.82. The minimum Gasteiger partial charge on any atom is -0.253 e. The van der Waals surface area contributed by atoms with Gasteiger partial charge in [0.05, 0.1) is 10.6 Å². The highest BCUT2D eigenvalue weighted by molar-refractivity contribution is 7.92. The van der Waals surface area contributed by atoms with Crippen molar-refractivity contribution in [3.8, 4) is 0 Å². The summed E-state index contributed by atoms with van der Waals surface area (Å²) in [6, 6.07) is 8.52. The van der Waals surface area contributed by atoms with Gasteiger partial charge in [0.25, 0.3) is 10.0 Å². The number of sulfonamides is 1. The number of hydrogen-bond donors (Lipinski definition) is 0. The Labute approximate surface area is 125 Å². The number of nitrogens with zero attached hydrogens (tertiary/aromatic N) is 3. The molecule has 1 aliphatic rings. The van der Waals surface area contributed by atoms with E-state index in [-0.39, 0.29) is 0 Å². The number of aryl methyl sites for hydroxylation is 2. The normalized spacial score (nSPS) is 14.8. The van der Waals surface area contributed by atoms with Crippen LogP contribution in [0.1, 0.15) is 24.1 Å². The van der Waals surface area contributed by atoms with Gasteiger partial charge in [0.2, 0.25) is 0 Å². The van der Waals surface area contributed by atoms with Crippen LogP contribution >= 0.6 is 0 Å². The van der Waals surface area contributed by atoms with Crippen LogP contribution in [0.4, 0.5) is 5.82 Å². The van der Waals surface area contributed by atoms with E-state index in [1.807, 2.05) is 13.1 Å². The molecule has 0 saturated heterocycles. The summed E-state index contributed by atoms with van der Waals surface area (Å²) in [5, 5.41) is 4.49. The van der Waals surface area contributed by atoms with E-state index in [0.717, 1.165) is 36.9 Å². The molecule has 0 atom stereocenters. The molecule has 2 aromatic rings. The molecule has 1 heterocycles. The van der Waals surface area contributed by atoms with E-state index < -0.39 is 10.0 Å². The average molecular weight is 305 g/mol. The lowest BCUT2D eigenvalue weighted by molar-refractivity contribution is 0.592. The van der Waals surface area contributed by atoms with Gasteiger partial charge in [0, 0.05) is 19.7 Å². The highest BCUT2D eigenvalue weighted by Gasteiger charge is 2.28. The highest BCUT2D eigenvalue weighted by atomic mass is 32.2. The molecule has 0 bridgehead atoms. The summed E-state index contributed by atoms with van der Waals surface area (Å²) in [7, 11) is -0.130. The maximum atomic E-state index is 12.8. The van der Waals surface area contributed by atoms with Gasteiger partial charge in [-0.3, -0.25) is 8.99 Å². The summed E-state index contributed by atoms with van der Waals surface area (Å²) in [5.41, 5.74) is 2.11. The zero-order chi connectivity index (χ0) is 15.0. The van der Waals surface area contributed by atoms with Crippen LogP contribution < -0.4 is 4.31 Å². The van der Waals surface area contributed by atoms with Gasteiger partial charge in [-0.05, 0) is 37.8 Å². The van der Waals surface area contributed by atoms with Crippen LogP contribution in [0.2, 0.25) is 0 Å². The van der Waals surface area contributed by atoms with Crippen LogP contribution in [0.5, 0.6) is 0 Å². The van der Waals surface area contributed by atoms with Gasteiger partial charge >= 0.3 is 0 Å². The average Bonchev–Trinajstić information content (AvgIpc) is 2.83. The molecular formula is C15H19N3O2S. The Morgan fingerprint density at radius 1 is 1.14 bits per heavy atom. The number of benzene rings is 1. The molecular weight excluding hydrogens is 286 g/mol. The standard InChI is InChI=1S/C15H19N3O2S/c1-17-15(13-10-6-7-11-14(13)16-17)18(2)21(19,20)12-8-4-3-5-9-12/h3-5,8-9H,6-7,10-11H2,1-2H3. The smallest absolute Gasteiger partial charge is 0.253 e. The fourth-order valence-corrected chi connectivity index (χ4v) is 4.20. The minimum atomic E-state index is -3.55. The SMILES string of the molecule is CN(c1c2c(nn1C)CCCC2)S(=O)(=O)c1ccccc1. The van der Waals surface area contributed by atoms with Gasteiger partial charge in [0.15, 0.2) is 0 Å². The summed E-state index contributed by atoms with van der Waals surface area (Å²) >= 11 is 0. The van der Waals surface area contributed by atoms with Crippen molar-refractivity contribution in [3.05, 3.63) is 41.6 Å². The number of anilines is 1. The molecule has 5 nitrogen and oxygen atoms in total. The fourth-order valence-electron chi connectivity index (χ4n) is 2.92. The fraction of sp³-hybridized carbons (Fsp3) is 0.400. The van der Waals surface area contributed by atoms with Crippen molar-refractivity contribution in [3.63, 3.8) is 0 Å². The first kappa shape index (κ1) is 14.1. The second-order valence-electron chi connectivity index (χ2n) is 5.37. The molecule has 6 heteroatoms. The van der Waals surface area contributed by atoms with Gasteiger partial charge in [-0.25, -0.2) is 8.42 Å². The molecule has 0 spiro atoms. The summed E-state index contributed by atoms with van der Waals surface area (Å²) in [4.78, 5) is 0.304. The topological polar surface area (TPSA) is 55.2 Å². The Morgan fingerprint density at radius 3 is 2.52 bits per heavy atom. The zero-order valence-corrected chi connectivity index (χ0v) is 13.1. The van der Waals surface area contributed by atoms with Gasteiger partial charge in [0.1, 0.15) is 5.82 Å². The first-order valence-electron chi connectivity index (χ1n) is 7.10. The molecule has 0 unspecified atom stereocenters. The summed E-state index contributed by atoms with van der Waals surface area (Å²) in [6.45, 7) is 0. The third kappa shape index (κ3) is 2.33. The van der Waals surface area contributed by atoms with Crippen molar-refractivity contribution in [2.75, 3.05) is 11.4 Å². The Balaban J connectivity index is 2.07. The molecule has 0 amide bonds. The van der Waals surface area contributed by atoms with Crippen LogP contribution in [-0.2, 0) is 29.9 Å². The molecule has 0 N–H and O–H groups in total. The summed E-state index contributed by atoms with van der Waals surface area (Å²) in [6.07, 6.45) is 4.04. The zero-order valence-electron chi connectivity index (χ0n) is 12.3. The number of aromatic nitrogens is 2. The molecule has 0 fully saturated rings. The Morgan fingerprint density at radius 2 is 1.81 bits per heavy atom. The van der Waals surface area contributed by atoms with E-state index >= 15 is 0 Å². The second-order valence-corrected chi connectivity index (χ2v) is 7.33. The molecule has 1 aromatic carbocycles. The molecule has 0 saturated carbocycles. The molecule has 0 aliphatic heterocycles. The van der Waals surface area contributed by atoms with E-state index in [1.165, 1.54) is 4.31 Å². The summed E-state index contributed by atoms with van der Waals surface area (Å²) < 4.78 is 28.6. The first-order valence-corrected chi connectivity index (χ1v) is 8.54. The maximum absolute atomic E-state index is 12.8. The molecule has 112 valence electrons. The van der Waals surface area contributed by atoms with Crippen molar-refractivity contribution in [2.45, 2.75) is 30.6 Å². The summed E-state index contributed by atoms with van der Waals surface area (Å²) in [5.74, 6) is 0.688. The van der Waals surface area contributed by atoms with E-state index in [0.29, 0.717) is 10.7 Å². The van der Waals surface area contributed by atoms with Crippen LogP contribution in [0.3, 0.4) is 0 Å². The number of rotatable bonds is 3. The van der Waals surface area contributed by atoms with Crippen molar-refractivity contribution < 1.29 is 8.42 Å². The lowest BCUT2D eigenvalue weighted by Gasteiger charge is -2.22. The maximum Gasteiger partial charge on any atom is 0.265 e. The Bertz CT molecular complexity index is 751. The molecule has 1 aliphatic carbocycles. The number of fused-ring (bicyclic) bond motifs is 1. The number of hydrogen-bond acceptors (Lipinski definition) is 3. The molecule has 21 heavy (non-hydrogen) atoms. The predicted molar refractivity (Wildman–Crippen MR) is 81.9 cm³/mol. The van der Waals surface area contributed by atoms with E-state index in [9.17, 15) is 8.42 Å².